The van der Waals surface area contributed by atoms with E-state index in [4.69, 9.17) is 9.47 Å². The van der Waals surface area contributed by atoms with Crippen molar-refractivity contribution in [2.24, 2.45) is 0 Å². The van der Waals surface area contributed by atoms with Gasteiger partial charge in [0.15, 0.2) is 6.29 Å². The van der Waals surface area contributed by atoms with Gasteiger partial charge in [0, 0.05) is 48.7 Å². The second-order valence-electron chi connectivity index (χ2n) is 10.6. The van der Waals surface area contributed by atoms with E-state index in [9.17, 15) is 14.7 Å². The van der Waals surface area contributed by atoms with Crippen molar-refractivity contribution >= 4 is 29.3 Å². The van der Waals surface area contributed by atoms with Gasteiger partial charge >= 0.3 is 0 Å². The molecule has 0 bridgehead atoms. The number of carbonyl (C=O) groups excluding carboxylic acids is 2. The fourth-order valence-corrected chi connectivity index (χ4v) is 5.92. The largest absolute Gasteiger partial charge is 0.392 e. The molecule has 1 aliphatic rings. The van der Waals surface area contributed by atoms with Crippen LogP contribution in [0.4, 0.5) is 5.69 Å². The summed E-state index contributed by atoms with van der Waals surface area (Å²) in [4.78, 5) is 23.8. The molecule has 0 radical (unpaired) electrons. The summed E-state index contributed by atoms with van der Waals surface area (Å²) in [6, 6.07) is 32.0. The zero-order valence-corrected chi connectivity index (χ0v) is 25.1. The summed E-state index contributed by atoms with van der Waals surface area (Å²) >= 11 is 1.71. The number of carbonyl (C=O) groups is 2. The number of aliphatic hydroxyl groups excluding tert-OH is 1. The van der Waals surface area contributed by atoms with Crippen LogP contribution >= 0.6 is 11.8 Å². The standard InChI is InChI=1S/C35H36N2O5S/c1-23(39)36-20-26-5-3-6-28(17-26)29-7-4-8-30(18-29)35-41-32(19-34(42-35)27-11-9-25(21-38)10-12-27)22-43-33-15-13-31(14-16-33)37-24(2)40/h3-18,32,34-35,38H,19-22H2,1-2H3,(H,36,39)(H,37,40)/t32-,34+,35+/m0/s1. The number of amides is 2. The molecule has 0 aliphatic carbocycles. The van der Waals surface area contributed by atoms with Gasteiger partial charge in [0.1, 0.15) is 0 Å². The summed E-state index contributed by atoms with van der Waals surface area (Å²) in [6.45, 7) is 3.48. The van der Waals surface area contributed by atoms with E-state index in [2.05, 4.69) is 34.9 Å². The molecule has 43 heavy (non-hydrogen) atoms. The van der Waals surface area contributed by atoms with E-state index in [1.165, 1.54) is 13.8 Å². The van der Waals surface area contributed by atoms with Crippen LogP contribution < -0.4 is 10.6 Å². The van der Waals surface area contributed by atoms with E-state index in [1.54, 1.807) is 11.8 Å². The second kappa shape index (κ2) is 14.5. The first-order valence-corrected chi connectivity index (χ1v) is 15.3. The Balaban J connectivity index is 1.35. The third-order valence-electron chi connectivity index (χ3n) is 7.19. The van der Waals surface area contributed by atoms with E-state index in [1.807, 2.05) is 72.8 Å². The van der Waals surface area contributed by atoms with E-state index < -0.39 is 6.29 Å². The maximum Gasteiger partial charge on any atom is 0.221 e. The molecule has 0 spiro atoms. The highest BCUT2D eigenvalue weighted by molar-refractivity contribution is 7.99. The fourth-order valence-electron chi connectivity index (χ4n) is 5.00. The molecule has 4 aromatic carbocycles. The molecule has 7 nitrogen and oxygen atoms in total. The Labute approximate surface area is 256 Å². The highest BCUT2D eigenvalue weighted by Crippen LogP contribution is 2.40. The van der Waals surface area contributed by atoms with Gasteiger partial charge in [-0.15, -0.1) is 11.8 Å². The lowest BCUT2D eigenvalue weighted by Gasteiger charge is -2.36. The van der Waals surface area contributed by atoms with Crippen LogP contribution in [0.1, 0.15) is 54.9 Å². The Bertz CT molecular complexity index is 1540. The van der Waals surface area contributed by atoms with Gasteiger partial charge in [-0.25, -0.2) is 0 Å². The van der Waals surface area contributed by atoms with Crippen molar-refractivity contribution < 1.29 is 24.2 Å². The molecule has 3 atom stereocenters. The fraction of sp³-hybridized carbons (Fsp3) is 0.257. The molecule has 1 heterocycles. The van der Waals surface area contributed by atoms with Crippen molar-refractivity contribution in [2.75, 3.05) is 11.1 Å². The number of hydrogen-bond acceptors (Lipinski definition) is 6. The van der Waals surface area contributed by atoms with Crippen LogP contribution in [0.25, 0.3) is 11.1 Å². The Morgan fingerprint density at radius 1 is 0.814 bits per heavy atom. The molecule has 0 unspecified atom stereocenters. The normalized spacial score (nSPS) is 18.2. The second-order valence-corrected chi connectivity index (χ2v) is 11.7. The lowest BCUT2D eigenvalue weighted by Crippen LogP contribution is -2.31. The van der Waals surface area contributed by atoms with E-state index in [0.717, 1.165) is 49.7 Å². The van der Waals surface area contributed by atoms with E-state index >= 15 is 0 Å². The molecule has 1 fully saturated rings. The van der Waals surface area contributed by atoms with Crippen LogP contribution in [0.5, 0.6) is 0 Å². The number of nitrogens with one attached hydrogen (secondary N) is 2. The average Bonchev–Trinajstić information content (AvgIpc) is 3.03. The van der Waals surface area contributed by atoms with E-state index in [0.29, 0.717) is 13.0 Å². The number of aliphatic hydroxyl groups is 1. The number of hydrogen-bond donors (Lipinski definition) is 3. The van der Waals surface area contributed by atoms with Crippen molar-refractivity contribution in [1.82, 2.24) is 5.32 Å². The summed E-state index contributed by atoms with van der Waals surface area (Å²) in [5, 5.41) is 15.2. The highest BCUT2D eigenvalue weighted by Gasteiger charge is 2.32. The number of benzene rings is 4. The SMILES string of the molecule is CC(=O)NCc1cccc(-c2cccc([C@@H]3O[C@H](CSc4ccc(NC(C)=O)cc4)C[C@H](c4ccc(CO)cc4)O3)c2)c1. The maximum atomic E-state index is 11.4. The van der Waals surface area contributed by atoms with Crippen LogP contribution in [-0.2, 0) is 32.2 Å². The summed E-state index contributed by atoms with van der Waals surface area (Å²) < 4.78 is 13.1. The van der Waals surface area contributed by atoms with Gasteiger partial charge in [0.2, 0.25) is 11.8 Å². The zero-order valence-electron chi connectivity index (χ0n) is 24.3. The minimum absolute atomic E-state index is 0.00363. The lowest BCUT2D eigenvalue weighted by atomic mass is 9.99. The molecule has 1 aliphatic heterocycles. The first-order valence-electron chi connectivity index (χ1n) is 14.3. The van der Waals surface area contributed by atoms with Crippen molar-refractivity contribution in [3.63, 3.8) is 0 Å². The van der Waals surface area contributed by atoms with Gasteiger partial charge in [-0.1, -0.05) is 60.7 Å². The van der Waals surface area contributed by atoms with Crippen LogP contribution in [0, 0.1) is 0 Å². The Morgan fingerprint density at radius 3 is 2.23 bits per heavy atom. The summed E-state index contributed by atoms with van der Waals surface area (Å²) in [5.41, 5.74) is 6.71. The molecular formula is C35H36N2O5S. The molecule has 8 heteroatoms. The van der Waals surface area contributed by atoms with Gasteiger partial charge in [-0.3, -0.25) is 9.59 Å². The molecule has 5 rings (SSSR count). The Hall–Kier alpha value is -3.95. The van der Waals surface area contributed by atoms with Gasteiger partial charge in [0.05, 0.1) is 18.8 Å². The van der Waals surface area contributed by atoms with Crippen molar-refractivity contribution in [3.05, 3.63) is 119 Å². The predicted octanol–water partition coefficient (Wildman–Crippen LogP) is 6.78. The zero-order chi connectivity index (χ0) is 30.2. The van der Waals surface area contributed by atoms with Crippen molar-refractivity contribution in [1.29, 1.82) is 0 Å². The molecule has 0 saturated carbocycles. The molecule has 4 aromatic rings. The number of thioether (sulfide) groups is 1. The Kier molecular flexibility index (Phi) is 10.3. The quantitative estimate of drug-likeness (QED) is 0.175. The summed E-state index contributed by atoms with van der Waals surface area (Å²) in [5.74, 6) is 0.575. The van der Waals surface area contributed by atoms with E-state index in [-0.39, 0.29) is 30.6 Å². The van der Waals surface area contributed by atoms with Gasteiger partial charge in [-0.2, -0.15) is 0 Å². The molecule has 3 N–H and O–H groups in total. The number of anilines is 1. The lowest BCUT2D eigenvalue weighted by molar-refractivity contribution is -0.245. The molecule has 222 valence electrons. The molecular weight excluding hydrogens is 560 g/mol. The predicted molar refractivity (Wildman–Crippen MR) is 169 cm³/mol. The first-order chi connectivity index (χ1) is 20.9. The monoisotopic (exact) mass is 596 g/mol. The van der Waals surface area contributed by atoms with Crippen molar-refractivity contribution in [2.45, 2.75) is 56.8 Å². The number of ether oxygens (including phenoxy) is 2. The van der Waals surface area contributed by atoms with Crippen LogP contribution in [-0.4, -0.2) is 28.8 Å². The Morgan fingerprint density at radius 2 is 1.53 bits per heavy atom. The highest BCUT2D eigenvalue weighted by atomic mass is 32.2. The van der Waals surface area contributed by atoms with Crippen LogP contribution in [0.2, 0.25) is 0 Å². The molecule has 2 amide bonds. The minimum atomic E-state index is -0.563. The topological polar surface area (TPSA) is 96.9 Å². The first kappa shape index (κ1) is 30.5. The summed E-state index contributed by atoms with van der Waals surface area (Å²) in [6.07, 6.45) is -0.127. The average molecular weight is 597 g/mol. The smallest absolute Gasteiger partial charge is 0.221 e. The van der Waals surface area contributed by atoms with Crippen LogP contribution in [0.15, 0.2) is 102 Å². The molecule has 0 aromatic heterocycles. The molecule has 1 saturated heterocycles. The van der Waals surface area contributed by atoms with Crippen molar-refractivity contribution in [3.8, 4) is 11.1 Å². The summed E-state index contributed by atoms with van der Waals surface area (Å²) in [7, 11) is 0. The third kappa shape index (κ3) is 8.55. The maximum absolute atomic E-state index is 11.4. The minimum Gasteiger partial charge on any atom is -0.392 e. The van der Waals surface area contributed by atoms with Gasteiger partial charge < -0.3 is 25.2 Å². The number of rotatable bonds is 10. The van der Waals surface area contributed by atoms with Gasteiger partial charge in [0.25, 0.3) is 0 Å². The van der Waals surface area contributed by atoms with Gasteiger partial charge in [-0.05, 0) is 64.2 Å². The van der Waals surface area contributed by atoms with Crippen LogP contribution in [0.3, 0.4) is 0 Å². The third-order valence-corrected chi connectivity index (χ3v) is 8.33.